The molecule has 2 atom stereocenters. The predicted molar refractivity (Wildman–Crippen MR) is 57.7 cm³/mol. The van der Waals surface area contributed by atoms with Crippen LogP contribution in [-0.4, -0.2) is 35.6 Å². The van der Waals surface area contributed by atoms with Crippen LogP contribution in [0.4, 0.5) is 26.3 Å². The third-order valence-electron chi connectivity index (χ3n) is 2.12. The molecule has 0 N–H and O–H groups in total. The summed E-state index contributed by atoms with van der Waals surface area (Å²) in [6, 6.07) is 0. The van der Waals surface area contributed by atoms with Gasteiger partial charge in [0.25, 0.3) is 12.3 Å². The molecule has 0 aliphatic carbocycles. The van der Waals surface area contributed by atoms with Crippen molar-refractivity contribution < 1.29 is 31.1 Å². The molecule has 0 aliphatic rings. The van der Waals surface area contributed by atoms with E-state index >= 15 is 0 Å². The van der Waals surface area contributed by atoms with E-state index < -0.39 is 37.5 Å². The lowest BCUT2D eigenvalue weighted by Crippen LogP contribution is -2.35. The first-order chi connectivity index (χ1) is 8.20. The smallest absolute Gasteiger partial charge is 0.281 e. The van der Waals surface area contributed by atoms with Crippen molar-refractivity contribution in [3.63, 3.8) is 0 Å². The first-order valence-corrected chi connectivity index (χ1v) is 6.29. The summed E-state index contributed by atoms with van der Waals surface area (Å²) in [6.45, 7) is 1.56. The summed E-state index contributed by atoms with van der Waals surface area (Å²) in [5.74, 6) is -4.33. The van der Waals surface area contributed by atoms with Gasteiger partial charge in [0, 0.05) is 12.2 Å². The minimum Gasteiger partial charge on any atom is -0.287 e. The Morgan fingerprint density at radius 3 is 2.22 bits per heavy atom. The van der Waals surface area contributed by atoms with Crippen molar-refractivity contribution in [2.24, 2.45) is 0 Å². The minimum absolute atomic E-state index is 0.185. The molecule has 8 heteroatoms. The van der Waals surface area contributed by atoms with Crippen LogP contribution in [-0.2, 0) is 4.79 Å². The summed E-state index contributed by atoms with van der Waals surface area (Å²) in [5.41, 5.74) is 0. The fourth-order valence-electron chi connectivity index (χ4n) is 1.07. The van der Waals surface area contributed by atoms with Crippen molar-refractivity contribution in [2.75, 3.05) is 5.75 Å². The van der Waals surface area contributed by atoms with E-state index in [9.17, 15) is 31.1 Å². The molecule has 0 spiro atoms. The van der Waals surface area contributed by atoms with Gasteiger partial charge < -0.3 is 0 Å². The largest absolute Gasteiger partial charge is 0.287 e. The van der Waals surface area contributed by atoms with Crippen molar-refractivity contribution in [3.8, 4) is 0 Å². The second kappa shape index (κ2) is 7.91. The van der Waals surface area contributed by atoms with Crippen LogP contribution < -0.4 is 0 Å². The maximum Gasteiger partial charge on any atom is 0.281 e. The van der Waals surface area contributed by atoms with Crippen molar-refractivity contribution in [2.45, 2.75) is 50.9 Å². The van der Waals surface area contributed by atoms with E-state index in [1.165, 1.54) is 0 Å². The van der Waals surface area contributed by atoms with Crippen LogP contribution in [0.3, 0.4) is 0 Å². The zero-order valence-electron chi connectivity index (χ0n) is 9.64. The standard InChI is InChI=1S/C10H14F6OS/c1-2-8(17)18-4-3-7(12)10(15,16)5-6(11)9(13)14/h6-7,9H,2-5H2,1H3. The SMILES string of the molecule is CCC(=O)SCCC(F)C(F)(F)CC(F)C(F)F. The van der Waals surface area contributed by atoms with E-state index in [0.717, 1.165) is 0 Å². The number of rotatable bonds is 8. The molecule has 0 aromatic carbocycles. The molecule has 0 aromatic rings. The van der Waals surface area contributed by atoms with Crippen LogP contribution in [0.25, 0.3) is 0 Å². The maximum atomic E-state index is 13.1. The molecule has 0 fully saturated rings. The molecule has 0 aliphatic heterocycles. The Kier molecular flexibility index (Phi) is 7.73. The zero-order valence-corrected chi connectivity index (χ0v) is 10.5. The van der Waals surface area contributed by atoms with Gasteiger partial charge in [-0.2, -0.15) is 0 Å². The van der Waals surface area contributed by atoms with E-state index in [1.54, 1.807) is 6.92 Å². The lowest BCUT2D eigenvalue weighted by atomic mass is 10.1. The van der Waals surface area contributed by atoms with Crippen LogP contribution in [0.2, 0.25) is 0 Å². The van der Waals surface area contributed by atoms with Gasteiger partial charge in [0.15, 0.2) is 17.5 Å². The summed E-state index contributed by atoms with van der Waals surface area (Å²) in [5, 5.41) is -0.276. The Labute approximate surface area is 105 Å². The molecule has 108 valence electrons. The van der Waals surface area contributed by atoms with Gasteiger partial charge >= 0.3 is 0 Å². The van der Waals surface area contributed by atoms with E-state index in [2.05, 4.69) is 0 Å². The Balaban J connectivity index is 4.13. The molecule has 0 bridgehead atoms. The predicted octanol–water partition coefficient (Wildman–Crippen LogP) is 4.01. The molecule has 1 nitrogen and oxygen atoms in total. The molecule has 0 saturated heterocycles. The topological polar surface area (TPSA) is 17.1 Å². The van der Waals surface area contributed by atoms with Crippen LogP contribution >= 0.6 is 11.8 Å². The lowest BCUT2D eigenvalue weighted by Gasteiger charge is -2.22. The van der Waals surface area contributed by atoms with Gasteiger partial charge in [0.2, 0.25) is 0 Å². The Bertz CT molecular complexity index is 261. The third-order valence-corrected chi connectivity index (χ3v) is 3.17. The number of hydrogen-bond acceptors (Lipinski definition) is 2. The normalized spacial score (nSPS) is 15.8. The van der Waals surface area contributed by atoms with Gasteiger partial charge in [-0.15, -0.1) is 0 Å². The first-order valence-electron chi connectivity index (χ1n) is 5.30. The maximum absolute atomic E-state index is 13.1. The molecule has 0 saturated carbocycles. The monoisotopic (exact) mass is 296 g/mol. The van der Waals surface area contributed by atoms with Crippen molar-refractivity contribution in [1.82, 2.24) is 0 Å². The minimum atomic E-state index is -4.15. The average Bonchev–Trinajstić information content (AvgIpc) is 2.27. The summed E-state index contributed by atoms with van der Waals surface area (Å²) >= 11 is 0.692. The fourth-order valence-corrected chi connectivity index (χ4v) is 1.82. The summed E-state index contributed by atoms with van der Waals surface area (Å²) in [6.07, 6.45) is -11.7. The highest BCUT2D eigenvalue weighted by Crippen LogP contribution is 2.32. The second-order valence-electron chi connectivity index (χ2n) is 3.65. The molecule has 0 heterocycles. The number of carbonyl (C=O) groups excluding carboxylic acids is 1. The highest BCUT2D eigenvalue weighted by molar-refractivity contribution is 8.13. The fraction of sp³-hybridized carbons (Fsp3) is 0.900. The molecule has 0 amide bonds. The molecule has 0 radical (unpaired) electrons. The quantitative estimate of drug-likeness (QED) is 0.629. The molecule has 2 unspecified atom stereocenters. The van der Waals surface area contributed by atoms with E-state index in [1.807, 2.05) is 0 Å². The average molecular weight is 296 g/mol. The van der Waals surface area contributed by atoms with E-state index in [0.29, 0.717) is 11.8 Å². The molecule has 0 rings (SSSR count). The highest BCUT2D eigenvalue weighted by Gasteiger charge is 2.44. The van der Waals surface area contributed by atoms with Gasteiger partial charge in [-0.25, -0.2) is 26.3 Å². The van der Waals surface area contributed by atoms with Crippen LogP contribution in [0.1, 0.15) is 26.2 Å². The van der Waals surface area contributed by atoms with Gasteiger partial charge in [0.1, 0.15) is 0 Å². The molecular weight excluding hydrogens is 282 g/mol. The van der Waals surface area contributed by atoms with Crippen molar-refractivity contribution in [1.29, 1.82) is 0 Å². The molecule has 0 aromatic heterocycles. The Morgan fingerprint density at radius 2 is 1.78 bits per heavy atom. The van der Waals surface area contributed by atoms with Crippen LogP contribution in [0, 0.1) is 0 Å². The van der Waals surface area contributed by atoms with Gasteiger partial charge in [0.05, 0.1) is 6.42 Å². The first kappa shape index (κ1) is 17.6. The molecular formula is C10H14F6OS. The van der Waals surface area contributed by atoms with Crippen LogP contribution in [0.15, 0.2) is 0 Å². The highest BCUT2D eigenvalue weighted by atomic mass is 32.2. The Morgan fingerprint density at radius 1 is 1.22 bits per heavy atom. The second-order valence-corrected chi connectivity index (χ2v) is 4.80. The number of hydrogen-bond donors (Lipinski definition) is 0. The zero-order chi connectivity index (χ0) is 14.3. The van der Waals surface area contributed by atoms with Crippen molar-refractivity contribution >= 4 is 16.9 Å². The third kappa shape index (κ3) is 6.51. The number of thioether (sulfide) groups is 1. The van der Waals surface area contributed by atoms with Gasteiger partial charge in [-0.1, -0.05) is 18.7 Å². The van der Waals surface area contributed by atoms with Crippen molar-refractivity contribution in [3.05, 3.63) is 0 Å². The van der Waals surface area contributed by atoms with Gasteiger partial charge in [-0.05, 0) is 6.42 Å². The molecule has 18 heavy (non-hydrogen) atoms. The number of halogens is 6. The van der Waals surface area contributed by atoms with E-state index in [4.69, 9.17) is 0 Å². The number of alkyl halides is 6. The summed E-state index contributed by atoms with van der Waals surface area (Å²) < 4.78 is 75.0. The van der Waals surface area contributed by atoms with Gasteiger partial charge in [-0.3, -0.25) is 4.79 Å². The summed E-state index contributed by atoms with van der Waals surface area (Å²) in [7, 11) is 0. The number of carbonyl (C=O) groups is 1. The Hall–Kier alpha value is -0.400. The van der Waals surface area contributed by atoms with E-state index in [-0.39, 0.29) is 17.3 Å². The lowest BCUT2D eigenvalue weighted by molar-refractivity contribution is -0.111. The van der Waals surface area contributed by atoms with Crippen LogP contribution in [0.5, 0.6) is 0 Å². The summed E-state index contributed by atoms with van der Waals surface area (Å²) in [4.78, 5) is 10.8.